The van der Waals surface area contributed by atoms with Crippen molar-refractivity contribution in [3.05, 3.63) is 11.9 Å². The lowest BCUT2D eigenvalue weighted by Gasteiger charge is -2.25. The third-order valence-electron chi connectivity index (χ3n) is 3.10. The van der Waals surface area contributed by atoms with Gasteiger partial charge in [0, 0.05) is 24.6 Å². The second-order valence-electron chi connectivity index (χ2n) is 4.86. The van der Waals surface area contributed by atoms with Crippen LogP contribution < -0.4 is 16.4 Å². The molecule has 0 bridgehead atoms. The lowest BCUT2D eigenvalue weighted by Crippen LogP contribution is -2.42. The van der Waals surface area contributed by atoms with Gasteiger partial charge in [0.05, 0.1) is 0 Å². The zero-order valence-corrected chi connectivity index (χ0v) is 10.7. The van der Waals surface area contributed by atoms with Gasteiger partial charge in [-0.3, -0.25) is 4.79 Å². The number of nitrogens with zero attached hydrogens (tertiary/aromatic N) is 2. The molecule has 1 amide bonds. The number of rotatable bonds is 3. The van der Waals surface area contributed by atoms with Crippen molar-refractivity contribution >= 4 is 17.5 Å². The Labute approximate surface area is 106 Å². The topological polar surface area (TPSA) is 92.9 Å². The first kappa shape index (κ1) is 12.6. The lowest BCUT2D eigenvalue weighted by molar-refractivity contribution is -0.122. The number of amides is 1. The van der Waals surface area contributed by atoms with E-state index in [9.17, 15) is 4.79 Å². The average Bonchev–Trinajstić information content (AvgIpc) is 2.32. The standard InChI is InChI=1S/C12H19N5O/c1-7(2)10-11(13)15-6-16-12(10)17-8-3-4-9(18)14-5-8/h6-8H,3-5H2,1-2H3,(H,14,18)(H3,13,15,16,17). The van der Waals surface area contributed by atoms with Gasteiger partial charge in [0.1, 0.15) is 18.0 Å². The zero-order valence-electron chi connectivity index (χ0n) is 10.7. The van der Waals surface area contributed by atoms with Crippen molar-refractivity contribution in [2.24, 2.45) is 0 Å². The van der Waals surface area contributed by atoms with E-state index in [0.29, 0.717) is 18.8 Å². The summed E-state index contributed by atoms with van der Waals surface area (Å²) in [5, 5.41) is 6.19. The van der Waals surface area contributed by atoms with E-state index in [4.69, 9.17) is 5.73 Å². The first-order valence-electron chi connectivity index (χ1n) is 6.21. The van der Waals surface area contributed by atoms with Gasteiger partial charge in [-0.15, -0.1) is 0 Å². The summed E-state index contributed by atoms with van der Waals surface area (Å²) in [5.74, 6) is 1.66. The van der Waals surface area contributed by atoms with Crippen LogP contribution in [-0.4, -0.2) is 28.5 Å². The highest BCUT2D eigenvalue weighted by Crippen LogP contribution is 2.27. The molecule has 18 heavy (non-hydrogen) atoms. The summed E-state index contributed by atoms with van der Waals surface area (Å²) in [7, 11) is 0. The number of piperidine rings is 1. The molecule has 2 rings (SSSR count). The van der Waals surface area contributed by atoms with Crippen LogP contribution in [0, 0.1) is 0 Å². The number of nitrogen functional groups attached to an aromatic ring is 1. The number of carbonyl (C=O) groups excluding carboxylic acids is 1. The Balaban J connectivity index is 2.14. The fraction of sp³-hybridized carbons (Fsp3) is 0.583. The second kappa shape index (κ2) is 5.20. The smallest absolute Gasteiger partial charge is 0.220 e. The van der Waals surface area contributed by atoms with E-state index in [0.717, 1.165) is 17.8 Å². The summed E-state index contributed by atoms with van der Waals surface area (Å²) in [6.45, 7) is 4.74. The van der Waals surface area contributed by atoms with Crippen LogP contribution >= 0.6 is 0 Å². The Kier molecular flexibility index (Phi) is 3.64. The normalized spacial score (nSPS) is 19.7. The van der Waals surface area contributed by atoms with E-state index < -0.39 is 0 Å². The number of carbonyl (C=O) groups is 1. The number of hydrogen-bond acceptors (Lipinski definition) is 5. The molecule has 1 fully saturated rings. The Hall–Kier alpha value is -1.85. The van der Waals surface area contributed by atoms with E-state index in [2.05, 4.69) is 34.4 Å². The predicted octanol–water partition coefficient (Wildman–Crippen LogP) is 0.873. The maximum absolute atomic E-state index is 11.1. The molecule has 1 saturated heterocycles. The SMILES string of the molecule is CC(C)c1c(N)ncnc1NC1CCC(=O)NC1. The van der Waals surface area contributed by atoms with Crippen molar-refractivity contribution in [1.82, 2.24) is 15.3 Å². The van der Waals surface area contributed by atoms with Gasteiger partial charge in [0.25, 0.3) is 0 Å². The number of nitrogens with two attached hydrogens (primary N) is 1. The molecular formula is C12H19N5O. The van der Waals surface area contributed by atoms with E-state index >= 15 is 0 Å². The predicted molar refractivity (Wildman–Crippen MR) is 70.2 cm³/mol. The molecule has 1 unspecified atom stereocenters. The van der Waals surface area contributed by atoms with E-state index in [1.807, 2.05) is 0 Å². The Morgan fingerprint density at radius 3 is 2.89 bits per heavy atom. The van der Waals surface area contributed by atoms with Crippen LogP contribution in [0.2, 0.25) is 0 Å². The molecule has 0 aliphatic carbocycles. The van der Waals surface area contributed by atoms with Gasteiger partial charge in [0.15, 0.2) is 0 Å². The summed E-state index contributed by atoms with van der Waals surface area (Å²) in [6.07, 6.45) is 2.83. The van der Waals surface area contributed by atoms with Crippen LogP contribution in [0.3, 0.4) is 0 Å². The Bertz CT molecular complexity index is 436. The number of nitrogens with one attached hydrogen (secondary N) is 2. The maximum atomic E-state index is 11.1. The van der Waals surface area contributed by atoms with Gasteiger partial charge < -0.3 is 16.4 Å². The Morgan fingerprint density at radius 2 is 2.28 bits per heavy atom. The quantitative estimate of drug-likeness (QED) is 0.739. The van der Waals surface area contributed by atoms with Gasteiger partial charge in [-0.05, 0) is 12.3 Å². The van der Waals surface area contributed by atoms with E-state index in [-0.39, 0.29) is 17.9 Å². The number of aromatic nitrogens is 2. The van der Waals surface area contributed by atoms with E-state index in [1.54, 1.807) is 0 Å². The van der Waals surface area contributed by atoms with Crippen molar-refractivity contribution < 1.29 is 4.79 Å². The molecule has 0 aromatic carbocycles. The average molecular weight is 249 g/mol. The number of hydrogen-bond donors (Lipinski definition) is 3. The van der Waals surface area contributed by atoms with Crippen molar-refractivity contribution in [1.29, 1.82) is 0 Å². The summed E-state index contributed by atoms with van der Waals surface area (Å²) in [4.78, 5) is 19.4. The third-order valence-corrected chi connectivity index (χ3v) is 3.10. The fourth-order valence-corrected chi connectivity index (χ4v) is 2.14. The summed E-state index contributed by atoms with van der Waals surface area (Å²) in [6, 6.07) is 0.203. The second-order valence-corrected chi connectivity index (χ2v) is 4.86. The zero-order chi connectivity index (χ0) is 13.1. The molecule has 0 radical (unpaired) electrons. The van der Waals surface area contributed by atoms with Gasteiger partial charge in [-0.25, -0.2) is 9.97 Å². The lowest BCUT2D eigenvalue weighted by atomic mass is 10.0. The molecule has 0 saturated carbocycles. The highest BCUT2D eigenvalue weighted by molar-refractivity contribution is 5.77. The van der Waals surface area contributed by atoms with Gasteiger partial charge in [-0.1, -0.05) is 13.8 Å². The summed E-state index contributed by atoms with van der Waals surface area (Å²) in [5.41, 5.74) is 6.83. The van der Waals surface area contributed by atoms with Crippen LogP contribution in [0.15, 0.2) is 6.33 Å². The van der Waals surface area contributed by atoms with Crippen molar-refractivity contribution in [3.8, 4) is 0 Å². The van der Waals surface area contributed by atoms with Crippen molar-refractivity contribution in [2.75, 3.05) is 17.6 Å². The highest BCUT2D eigenvalue weighted by atomic mass is 16.1. The van der Waals surface area contributed by atoms with Crippen LogP contribution in [0.4, 0.5) is 11.6 Å². The van der Waals surface area contributed by atoms with Crippen molar-refractivity contribution in [3.63, 3.8) is 0 Å². The monoisotopic (exact) mass is 249 g/mol. The molecule has 1 aromatic heterocycles. The fourth-order valence-electron chi connectivity index (χ4n) is 2.14. The van der Waals surface area contributed by atoms with Crippen LogP contribution in [0.25, 0.3) is 0 Å². The molecule has 1 atom stereocenters. The molecule has 1 aliphatic rings. The maximum Gasteiger partial charge on any atom is 0.220 e. The molecule has 98 valence electrons. The molecule has 2 heterocycles. The van der Waals surface area contributed by atoms with Crippen LogP contribution in [0.1, 0.15) is 38.2 Å². The molecule has 1 aromatic rings. The summed E-state index contributed by atoms with van der Waals surface area (Å²) < 4.78 is 0. The minimum atomic E-state index is 0.110. The van der Waals surface area contributed by atoms with Crippen LogP contribution in [-0.2, 0) is 4.79 Å². The molecule has 4 N–H and O–H groups in total. The van der Waals surface area contributed by atoms with Crippen molar-refractivity contribution in [2.45, 2.75) is 38.6 Å². The first-order valence-corrected chi connectivity index (χ1v) is 6.21. The third kappa shape index (κ3) is 2.69. The van der Waals surface area contributed by atoms with Gasteiger partial charge in [0.2, 0.25) is 5.91 Å². The summed E-state index contributed by atoms with van der Waals surface area (Å²) >= 11 is 0. The molecule has 6 heteroatoms. The Morgan fingerprint density at radius 1 is 1.50 bits per heavy atom. The van der Waals surface area contributed by atoms with Gasteiger partial charge >= 0.3 is 0 Å². The molecular weight excluding hydrogens is 230 g/mol. The highest BCUT2D eigenvalue weighted by Gasteiger charge is 2.20. The molecule has 6 nitrogen and oxygen atoms in total. The minimum absolute atomic E-state index is 0.110. The van der Waals surface area contributed by atoms with E-state index in [1.165, 1.54) is 6.33 Å². The number of anilines is 2. The minimum Gasteiger partial charge on any atom is -0.383 e. The molecule has 1 aliphatic heterocycles. The van der Waals surface area contributed by atoms with Gasteiger partial charge in [-0.2, -0.15) is 0 Å². The van der Waals surface area contributed by atoms with Crippen LogP contribution in [0.5, 0.6) is 0 Å². The largest absolute Gasteiger partial charge is 0.383 e. The molecule has 0 spiro atoms. The first-order chi connectivity index (χ1) is 8.58.